The Kier molecular flexibility index (Phi) is 3.90. The minimum absolute atomic E-state index is 0.00314. The molecule has 0 radical (unpaired) electrons. The predicted molar refractivity (Wildman–Crippen MR) is 86.1 cm³/mol. The van der Waals surface area contributed by atoms with E-state index >= 15 is 0 Å². The maximum absolute atomic E-state index is 12.9. The van der Waals surface area contributed by atoms with E-state index in [1.54, 1.807) is 27.8 Å². The second kappa shape index (κ2) is 5.55. The number of hydrogen-bond acceptors (Lipinski definition) is 3. The smallest absolute Gasteiger partial charge is 0.207 e. The van der Waals surface area contributed by atoms with Crippen LogP contribution in [0.1, 0.15) is 34.9 Å². The van der Waals surface area contributed by atoms with Gasteiger partial charge in [0.2, 0.25) is 10.0 Å². The normalized spacial score (nSPS) is 20.0. The van der Waals surface area contributed by atoms with Crippen LogP contribution in [0.2, 0.25) is 0 Å². The summed E-state index contributed by atoms with van der Waals surface area (Å²) in [7, 11) is -3.41. The van der Waals surface area contributed by atoms with Crippen LogP contribution in [0.4, 0.5) is 0 Å². The third-order valence-corrected chi connectivity index (χ3v) is 7.04. The van der Waals surface area contributed by atoms with Crippen LogP contribution in [0, 0.1) is 13.8 Å². The van der Waals surface area contributed by atoms with Crippen molar-refractivity contribution < 1.29 is 8.42 Å². The largest absolute Gasteiger partial charge is 0.243 e. The summed E-state index contributed by atoms with van der Waals surface area (Å²) in [6.07, 6.45) is 1.83. The highest BCUT2D eigenvalue weighted by molar-refractivity contribution is 7.89. The van der Waals surface area contributed by atoms with Crippen LogP contribution in [0.5, 0.6) is 0 Å². The first-order valence-corrected chi connectivity index (χ1v) is 9.44. The van der Waals surface area contributed by atoms with Gasteiger partial charge >= 0.3 is 0 Å². The zero-order chi connectivity index (χ0) is 15.0. The molecule has 1 aromatic carbocycles. The third-order valence-electron chi connectivity index (χ3n) is 4.16. The first kappa shape index (κ1) is 14.8. The molecule has 112 valence electrons. The first-order valence-electron chi connectivity index (χ1n) is 7.12. The molecule has 0 saturated carbocycles. The Hall–Kier alpha value is -1.17. The lowest BCUT2D eigenvalue weighted by molar-refractivity contribution is 0.401. The van der Waals surface area contributed by atoms with E-state index in [2.05, 4.69) is 0 Å². The van der Waals surface area contributed by atoms with Gasteiger partial charge in [0.05, 0.1) is 10.9 Å². The van der Waals surface area contributed by atoms with Crippen LogP contribution in [0.3, 0.4) is 0 Å². The van der Waals surface area contributed by atoms with E-state index in [-0.39, 0.29) is 6.04 Å². The molecule has 0 aliphatic carbocycles. The van der Waals surface area contributed by atoms with Gasteiger partial charge in [0.25, 0.3) is 0 Å². The summed E-state index contributed by atoms with van der Waals surface area (Å²) in [4.78, 5) is 1.55. The summed E-state index contributed by atoms with van der Waals surface area (Å²) in [6.45, 7) is 4.56. The van der Waals surface area contributed by atoms with Gasteiger partial charge in [-0.15, -0.1) is 11.3 Å². The topological polar surface area (TPSA) is 37.4 Å². The molecule has 1 fully saturated rings. The zero-order valence-corrected chi connectivity index (χ0v) is 13.9. The highest BCUT2D eigenvalue weighted by Crippen LogP contribution is 2.38. The van der Waals surface area contributed by atoms with Crippen molar-refractivity contribution in [1.82, 2.24) is 4.31 Å². The SMILES string of the molecule is Cc1ccc(S(=O)(=O)N2CCCC2c2cccs2)cc1C. The molecule has 2 aromatic rings. The van der Waals surface area contributed by atoms with Gasteiger partial charge in [-0.3, -0.25) is 0 Å². The fraction of sp³-hybridized carbons (Fsp3) is 0.375. The Labute approximate surface area is 130 Å². The number of sulfonamides is 1. The number of rotatable bonds is 3. The number of nitrogens with zero attached hydrogens (tertiary/aromatic N) is 1. The Morgan fingerprint density at radius 1 is 1.19 bits per heavy atom. The standard InChI is InChI=1S/C16H19NO2S2/c1-12-7-8-14(11-13(12)2)21(18,19)17-9-3-5-15(17)16-6-4-10-20-16/h4,6-8,10-11,15H,3,5,9H2,1-2H3. The lowest BCUT2D eigenvalue weighted by Gasteiger charge is -2.23. The third kappa shape index (κ3) is 2.65. The molecule has 1 aromatic heterocycles. The van der Waals surface area contributed by atoms with Crippen LogP contribution in [0.15, 0.2) is 40.6 Å². The molecule has 21 heavy (non-hydrogen) atoms. The Morgan fingerprint density at radius 2 is 2.00 bits per heavy atom. The van der Waals surface area contributed by atoms with Gasteiger partial charge in [-0.05, 0) is 61.4 Å². The van der Waals surface area contributed by atoms with Crippen molar-refractivity contribution >= 4 is 21.4 Å². The van der Waals surface area contributed by atoms with E-state index in [1.807, 2.05) is 37.4 Å². The molecule has 1 saturated heterocycles. The van der Waals surface area contributed by atoms with Crippen molar-refractivity contribution in [2.75, 3.05) is 6.54 Å². The monoisotopic (exact) mass is 321 g/mol. The minimum Gasteiger partial charge on any atom is -0.207 e. The molecule has 0 spiro atoms. The highest BCUT2D eigenvalue weighted by Gasteiger charge is 2.36. The quantitative estimate of drug-likeness (QED) is 0.860. The van der Waals surface area contributed by atoms with Gasteiger partial charge in [-0.1, -0.05) is 12.1 Å². The summed E-state index contributed by atoms with van der Waals surface area (Å²) in [6, 6.07) is 9.41. The van der Waals surface area contributed by atoms with Gasteiger partial charge in [0.1, 0.15) is 0 Å². The van der Waals surface area contributed by atoms with Crippen LogP contribution >= 0.6 is 11.3 Å². The molecule has 3 rings (SSSR count). The van der Waals surface area contributed by atoms with Gasteiger partial charge in [0.15, 0.2) is 0 Å². The van der Waals surface area contributed by atoms with Crippen molar-refractivity contribution in [2.45, 2.75) is 37.6 Å². The maximum Gasteiger partial charge on any atom is 0.243 e. The fourth-order valence-corrected chi connectivity index (χ4v) is 5.50. The zero-order valence-electron chi connectivity index (χ0n) is 12.2. The number of thiophene rings is 1. The van der Waals surface area contributed by atoms with Gasteiger partial charge in [0, 0.05) is 11.4 Å². The van der Waals surface area contributed by atoms with Crippen LogP contribution in [-0.2, 0) is 10.0 Å². The van der Waals surface area contributed by atoms with E-state index in [9.17, 15) is 8.42 Å². The van der Waals surface area contributed by atoms with E-state index in [1.165, 1.54) is 0 Å². The van der Waals surface area contributed by atoms with Gasteiger partial charge < -0.3 is 0 Å². The molecule has 0 amide bonds. The van der Waals surface area contributed by atoms with Crippen LogP contribution in [0.25, 0.3) is 0 Å². The summed E-state index contributed by atoms with van der Waals surface area (Å²) >= 11 is 1.63. The molecular weight excluding hydrogens is 302 g/mol. The fourth-order valence-electron chi connectivity index (χ4n) is 2.80. The minimum atomic E-state index is -3.41. The molecule has 5 heteroatoms. The van der Waals surface area contributed by atoms with E-state index in [4.69, 9.17) is 0 Å². The average Bonchev–Trinajstić information content (AvgIpc) is 3.11. The van der Waals surface area contributed by atoms with E-state index in [0.29, 0.717) is 11.4 Å². The molecule has 1 atom stereocenters. The first-order chi connectivity index (χ1) is 10.00. The van der Waals surface area contributed by atoms with Crippen molar-refractivity contribution in [1.29, 1.82) is 0 Å². The molecule has 3 nitrogen and oxygen atoms in total. The summed E-state index contributed by atoms with van der Waals surface area (Å²) in [5.74, 6) is 0. The van der Waals surface area contributed by atoms with Crippen molar-refractivity contribution in [3.05, 3.63) is 51.7 Å². The lowest BCUT2D eigenvalue weighted by Crippen LogP contribution is -2.30. The number of aryl methyl sites for hydroxylation is 2. The Balaban J connectivity index is 1.99. The molecule has 0 N–H and O–H groups in total. The van der Waals surface area contributed by atoms with E-state index in [0.717, 1.165) is 28.8 Å². The number of hydrogen-bond donors (Lipinski definition) is 0. The van der Waals surface area contributed by atoms with E-state index < -0.39 is 10.0 Å². The highest BCUT2D eigenvalue weighted by atomic mass is 32.2. The molecule has 2 heterocycles. The van der Waals surface area contributed by atoms with Crippen LogP contribution < -0.4 is 0 Å². The average molecular weight is 321 g/mol. The molecule has 1 aliphatic rings. The summed E-state index contributed by atoms with van der Waals surface area (Å²) in [5, 5.41) is 2.01. The second-order valence-electron chi connectivity index (χ2n) is 5.54. The molecule has 0 bridgehead atoms. The maximum atomic E-state index is 12.9. The Bertz CT molecular complexity index is 736. The molecular formula is C16H19NO2S2. The second-order valence-corrected chi connectivity index (χ2v) is 8.41. The molecule has 1 unspecified atom stereocenters. The molecule has 1 aliphatic heterocycles. The number of benzene rings is 1. The van der Waals surface area contributed by atoms with Crippen molar-refractivity contribution in [3.63, 3.8) is 0 Å². The van der Waals surface area contributed by atoms with Crippen molar-refractivity contribution in [3.8, 4) is 0 Å². The summed E-state index contributed by atoms with van der Waals surface area (Å²) < 4.78 is 27.5. The van der Waals surface area contributed by atoms with Crippen molar-refractivity contribution in [2.24, 2.45) is 0 Å². The summed E-state index contributed by atoms with van der Waals surface area (Å²) in [5.41, 5.74) is 2.13. The van der Waals surface area contributed by atoms with Gasteiger partial charge in [-0.2, -0.15) is 4.31 Å². The van der Waals surface area contributed by atoms with Gasteiger partial charge in [-0.25, -0.2) is 8.42 Å². The van der Waals surface area contributed by atoms with Crippen LogP contribution in [-0.4, -0.2) is 19.3 Å². The lowest BCUT2D eigenvalue weighted by atomic mass is 10.1. The Morgan fingerprint density at radius 3 is 2.67 bits per heavy atom. The predicted octanol–water partition coefficient (Wildman–Crippen LogP) is 3.89.